The Labute approximate surface area is 172 Å². The first kappa shape index (κ1) is 23.7. The van der Waals surface area contributed by atoms with Crippen molar-refractivity contribution in [3.63, 3.8) is 0 Å². The molecule has 0 aromatic heterocycles. The van der Waals surface area contributed by atoms with Crippen LogP contribution in [-0.2, 0) is 14.3 Å². The van der Waals surface area contributed by atoms with E-state index in [1.54, 1.807) is 0 Å². The zero-order valence-electron chi connectivity index (χ0n) is 19.2. The number of hydrogen-bond acceptors (Lipinski definition) is 4. The minimum atomic E-state index is -1.06. The third-order valence-corrected chi connectivity index (χ3v) is 7.96. The molecule has 2 saturated carbocycles. The Kier molecular flexibility index (Phi) is 8.00. The topological polar surface area (TPSA) is 55.8 Å². The van der Waals surface area contributed by atoms with Gasteiger partial charge in [0.2, 0.25) is 0 Å². The average Bonchev–Trinajstić information content (AvgIpc) is 2.66. The highest BCUT2D eigenvalue weighted by Gasteiger charge is 2.45. The van der Waals surface area contributed by atoms with Gasteiger partial charge in [0.15, 0.2) is 6.29 Å². The molecule has 0 spiro atoms. The fourth-order valence-corrected chi connectivity index (χ4v) is 4.84. The second-order valence-corrected chi connectivity index (χ2v) is 10.9. The molecule has 0 aromatic carbocycles. The predicted octanol–water partition coefficient (Wildman–Crippen LogP) is 5.86. The lowest BCUT2D eigenvalue weighted by molar-refractivity contribution is -0.243. The summed E-state index contributed by atoms with van der Waals surface area (Å²) in [6.07, 6.45) is 11.3. The van der Waals surface area contributed by atoms with Crippen molar-refractivity contribution in [3.8, 4) is 0 Å². The van der Waals surface area contributed by atoms with E-state index in [2.05, 4.69) is 6.92 Å². The molecule has 2 aliphatic rings. The first-order valence-electron chi connectivity index (χ1n) is 11.5. The Morgan fingerprint density at radius 2 is 1.29 bits per heavy atom. The number of ether oxygens (including phenoxy) is 2. The van der Waals surface area contributed by atoms with Crippen molar-refractivity contribution in [1.82, 2.24) is 0 Å². The van der Waals surface area contributed by atoms with E-state index < -0.39 is 11.7 Å². The lowest BCUT2D eigenvalue weighted by Gasteiger charge is -2.47. The van der Waals surface area contributed by atoms with Gasteiger partial charge in [-0.15, -0.1) is 0 Å². The van der Waals surface area contributed by atoms with Gasteiger partial charge in [-0.2, -0.15) is 0 Å². The zero-order valence-corrected chi connectivity index (χ0v) is 19.2. The molecule has 0 aromatic rings. The van der Waals surface area contributed by atoms with Gasteiger partial charge in [0, 0.05) is 0 Å². The molecule has 1 atom stereocenters. The van der Waals surface area contributed by atoms with Gasteiger partial charge >= 0.3 is 5.97 Å². The molecule has 2 aliphatic carbocycles. The van der Waals surface area contributed by atoms with Crippen LogP contribution in [0.15, 0.2) is 0 Å². The van der Waals surface area contributed by atoms with E-state index in [0.717, 1.165) is 0 Å². The van der Waals surface area contributed by atoms with Crippen LogP contribution in [0.1, 0.15) is 106 Å². The van der Waals surface area contributed by atoms with Gasteiger partial charge in [0.25, 0.3) is 0 Å². The quantitative estimate of drug-likeness (QED) is 0.433. The van der Waals surface area contributed by atoms with Gasteiger partial charge in [-0.25, -0.2) is 0 Å². The van der Waals surface area contributed by atoms with Gasteiger partial charge in [0.05, 0.1) is 11.0 Å². The van der Waals surface area contributed by atoms with Gasteiger partial charge < -0.3 is 14.6 Å². The Hall–Kier alpha value is -0.610. The summed E-state index contributed by atoms with van der Waals surface area (Å²) in [5.41, 5.74) is -1.16. The largest absolute Gasteiger partial charge is 0.460 e. The Morgan fingerprint density at radius 3 is 1.68 bits per heavy atom. The molecule has 2 rings (SSSR count). The average molecular weight is 397 g/mol. The number of aliphatic hydroxyl groups is 1. The molecule has 28 heavy (non-hydrogen) atoms. The van der Waals surface area contributed by atoms with Crippen LogP contribution in [0.4, 0.5) is 0 Å². The number of carbonyl (C=O) groups is 1. The van der Waals surface area contributed by atoms with Crippen molar-refractivity contribution >= 4 is 5.97 Å². The van der Waals surface area contributed by atoms with E-state index in [1.807, 2.05) is 34.6 Å². The van der Waals surface area contributed by atoms with E-state index >= 15 is 0 Å². The molecular formula is C24H44O4. The molecule has 1 N–H and O–H groups in total. The summed E-state index contributed by atoms with van der Waals surface area (Å²) in [6.45, 7) is 12.0. The van der Waals surface area contributed by atoms with Gasteiger partial charge in [0.1, 0.15) is 6.61 Å². The van der Waals surface area contributed by atoms with Crippen LogP contribution < -0.4 is 0 Å². The minimum Gasteiger partial charge on any atom is -0.460 e. The van der Waals surface area contributed by atoms with E-state index in [4.69, 9.17) is 9.47 Å². The monoisotopic (exact) mass is 396 g/mol. The van der Waals surface area contributed by atoms with E-state index in [-0.39, 0.29) is 23.6 Å². The highest BCUT2D eigenvalue weighted by molar-refractivity contribution is 5.76. The van der Waals surface area contributed by atoms with Crippen LogP contribution in [0, 0.1) is 22.7 Å². The lowest BCUT2D eigenvalue weighted by Crippen LogP contribution is -2.50. The summed E-state index contributed by atoms with van der Waals surface area (Å²) in [7, 11) is 0. The van der Waals surface area contributed by atoms with Crippen molar-refractivity contribution in [1.29, 1.82) is 0 Å². The van der Waals surface area contributed by atoms with Gasteiger partial charge in [-0.05, 0) is 63.7 Å². The van der Waals surface area contributed by atoms with Gasteiger partial charge in [-0.1, -0.05) is 59.3 Å². The van der Waals surface area contributed by atoms with Crippen LogP contribution >= 0.6 is 0 Å². The molecule has 0 heterocycles. The normalized spacial score (nSPS) is 22.1. The van der Waals surface area contributed by atoms with Crippen molar-refractivity contribution < 1.29 is 19.4 Å². The number of aliphatic hydroxyl groups excluding tert-OH is 1. The fraction of sp³-hybridized carbons (Fsp3) is 0.958. The highest BCUT2D eigenvalue weighted by Crippen LogP contribution is 2.45. The first-order valence-corrected chi connectivity index (χ1v) is 11.5. The minimum absolute atomic E-state index is 0.0899. The molecule has 0 aliphatic heterocycles. The molecule has 1 unspecified atom stereocenters. The zero-order chi connectivity index (χ0) is 21.0. The standard InChI is InChI=1S/C24H44O4/c1-22(2,3)23(4,5)21(26)27-17-20(25)28-24(6,18-13-9-7-10-14-18)19-15-11-8-12-16-19/h18-20,25H,7-17H2,1-6H3. The Balaban J connectivity index is 2.01. The third-order valence-electron chi connectivity index (χ3n) is 7.96. The number of carbonyl (C=O) groups excluding carboxylic acids is 1. The molecule has 164 valence electrons. The SMILES string of the molecule is CC(OC(O)COC(=O)C(C)(C)C(C)(C)C)(C1CCCCC1)C1CCCCC1. The molecule has 0 bridgehead atoms. The summed E-state index contributed by atoms with van der Waals surface area (Å²) < 4.78 is 11.8. The van der Waals surface area contributed by atoms with Crippen LogP contribution in [0.5, 0.6) is 0 Å². The van der Waals surface area contributed by atoms with Crippen molar-refractivity contribution in [2.75, 3.05) is 6.61 Å². The maximum atomic E-state index is 12.6. The second kappa shape index (κ2) is 9.47. The highest BCUT2D eigenvalue weighted by atomic mass is 16.6. The maximum absolute atomic E-state index is 12.6. The number of esters is 1. The van der Waals surface area contributed by atoms with E-state index in [0.29, 0.717) is 11.8 Å². The maximum Gasteiger partial charge on any atom is 0.312 e. The smallest absolute Gasteiger partial charge is 0.312 e. The molecule has 4 heteroatoms. The number of hydrogen-bond donors (Lipinski definition) is 1. The first-order chi connectivity index (χ1) is 13.0. The van der Waals surface area contributed by atoms with Crippen molar-refractivity contribution in [2.24, 2.45) is 22.7 Å². The summed E-state index contributed by atoms with van der Waals surface area (Å²) in [6, 6.07) is 0. The summed E-state index contributed by atoms with van der Waals surface area (Å²) in [5.74, 6) is 0.695. The summed E-state index contributed by atoms with van der Waals surface area (Å²) in [5, 5.41) is 10.7. The lowest BCUT2D eigenvalue weighted by atomic mass is 9.67. The van der Waals surface area contributed by atoms with Crippen LogP contribution in [-0.4, -0.2) is 29.6 Å². The fourth-order valence-electron chi connectivity index (χ4n) is 4.84. The molecule has 2 fully saturated rings. The van der Waals surface area contributed by atoms with E-state index in [1.165, 1.54) is 64.2 Å². The summed E-state index contributed by atoms with van der Waals surface area (Å²) in [4.78, 5) is 12.6. The Morgan fingerprint density at radius 1 is 0.857 bits per heavy atom. The van der Waals surface area contributed by atoms with E-state index in [9.17, 15) is 9.90 Å². The Bertz CT molecular complexity index is 475. The van der Waals surface area contributed by atoms with Crippen molar-refractivity contribution in [2.45, 2.75) is 118 Å². The molecule has 0 saturated heterocycles. The van der Waals surface area contributed by atoms with Crippen LogP contribution in [0.3, 0.4) is 0 Å². The third kappa shape index (κ3) is 5.50. The molecule has 0 amide bonds. The second-order valence-electron chi connectivity index (χ2n) is 10.9. The van der Waals surface area contributed by atoms with Gasteiger partial charge in [-0.3, -0.25) is 4.79 Å². The van der Waals surface area contributed by atoms with Crippen molar-refractivity contribution in [3.05, 3.63) is 0 Å². The predicted molar refractivity (Wildman–Crippen MR) is 113 cm³/mol. The molecule has 0 radical (unpaired) electrons. The molecule has 4 nitrogen and oxygen atoms in total. The molecular weight excluding hydrogens is 352 g/mol. The summed E-state index contributed by atoms with van der Waals surface area (Å²) >= 11 is 0. The number of rotatable bonds is 7. The van der Waals surface area contributed by atoms with Crippen LogP contribution in [0.25, 0.3) is 0 Å². The van der Waals surface area contributed by atoms with Crippen LogP contribution in [0.2, 0.25) is 0 Å².